The first-order chi connectivity index (χ1) is 6.63. The number of halogens is 2. The highest BCUT2D eigenvalue weighted by Gasteiger charge is 2.12. The third kappa shape index (κ3) is 1.47. The second kappa shape index (κ2) is 3.60. The van der Waals surface area contributed by atoms with E-state index in [4.69, 9.17) is 4.42 Å². The molecule has 0 bridgehead atoms. The van der Waals surface area contributed by atoms with Crippen LogP contribution < -0.4 is 5.63 Å². The summed E-state index contributed by atoms with van der Waals surface area (Å²) in [5.41, 5.74) is -0.112. The van der Waals surface area contributed by atoms with Crippen LogP contribution in [0, 0.1) is 0 Å². The molecule has 2 heterocycles. The molecule has 0 saturated carbocycles. The van der Waals surface area contributed by atoms with Crippen LogP contribution in [0.5, 0.6) is 0 Å². The quantitative estimate of drug-likeness (QED) is 0.751. The number of carbonyl (C=O) groups is 1. The van der Waals surface area contributed by atoms with E-state index in [0.717, 1.165) is 13.0 Å². The second-order valence-corrected chi connectivity index (χ2v) is 6.16. The number of thiophene rings is 1. The Balaban J connectivity index is 2.96. The van der Waals surface area contributed by atoms with Gasteiger partial charge in [-0.1, -0.05) is 0 Å². The Labute approximate surface area is 99.0 Å². The van der Waals surface area contributed by atoms with E-state index in [1.807, 2.05) is 0 Å². The van der Waals surface area contributed by atoms with E-state index in [2.05, 4.69) is 31.9 Å². The molecule has 72 valence electrons. The van der Waals surface area contributed by atoms with Gasteiger partial charge in [0.25, 0.3) is 0 Å². The summed E-state index contributed by atoms with van der Waals surface area (Å²) in [5.74, 6) is 0. The lowest BCUT2D eigenvalue weighted by Gasteiger charge is -1.91. The van der Waals surface area contributed by atoms with Gasteiger partial charge in [-0.05, 0) is 37.9 Å². The molecule has 2 aromatic heterocycles. The molecule has 0 saturated heterocycles. The van der Waals surface area contributed by atoms with Crippen LogP contribution in [0.2, 0.25) is 0 Å². The van der Waals surface area contributed by atoms with Crippen molar-refractivity contribution in [3.05, 3.63) is 29.6 Å². The maximum Gasteiger partial charge on any atom is 0.346 e. The molecule has 0 N–H and O–H groups in total. The molecule has 0 aromatic carbocycles. The molecule has 2 aromatic rings. The van der Waals surface area contributed by atoms with Crippen LogP contribution in [0.3, 0.4) is 0 Å². The van der Waals surface area contributed by atoms with Crippen LogP contribution in [0.4, 0.5) is 0 Å². The summed E-state index contributed by atoms with van der Waals surface area (Å²) < 4.78 is 6.54. The first kappa shape index (κ1) is 10.1. The molecular weight excluding hydrogens is 336 g/mol. The van der Waals surface area contributed by atoms with Crippen LogP contribution in [0.15, 0.2) is 22.9 Å². The molecule has 0 aliphatic carbocycles. The van der Waals surface area contributed by atoms with Gasteiger partial charge in [0.05, 0.1) is 3.79 Å². The highest BCUT2D eigenvalue weighted by molar-refractivity contribution is 9.12. The summed E-state index contributed by atoms with van der Waals surface area (Å²) in [5, 5.41) is 0.726. The lowest BCUT2D eigenvalue weighted by molar-refractivity contribution is 0.112. The van der Waals surface area contributed by atoms with Crippen molar-refractivity contribution in [2.45, 2.75) is 0 Å². The number of hydrogen-bond acceptors (Lipinski definition) is 4. The Kier molecular flexibility index (Phi) is 2.59. The van der Waals surface area contributed by atoms with Crippen LogP contribution in [0.1, 0.15) is 10.4 Å². The normalized spacial score (nSPS) is 10.7. The Hall–Kier alpha value is -0.460. The molecular formula is C8H2Br2O3S. The fourth-order valence-corrected chi connectivity index (χ4v) is 3.92. The van der Waals surface area contributed by atoms with E-state index < -0.39 is 5.63 Å². The minimum Gasteiger partial charge on any atom is -0.420 e. The fourth-order valence-electron chi connectivity index (χ4n) is 1.04. The highest BCUT2D eigenvalue weighted by atomic mass is 79.9. The zero-order valence-corrected chi connectivity index (χ0v) is 10.5. The van der Waals surface area contributed by atoms with Gasteiger partial charge in [0.1, 0.15) is 9.35 Å². The SMILES string of the molecule is O=Cc1cc2c(Br)sc(Br)c2oc1=O. The van der Waals surface area contributed by atoms with Gasteiger partial charge in [0, 0.05) is 5.39 Å². The predicted octanol–water partition coefficient (Wildman–Crippen LogP) is 3.19. The van der Waals surface area contributed by atoms with Crippen molar-refractivity contribution < 1.29 is 9.21 Å². The molecule has 0 aliphatic heterocycles. The average molecular weight is 338 g/mol. The molecule has 0 unspecified atom stereocenters. The van der Waals surface area contributed by atoms with E-state index >= 15 is 0 Å². The lowest BCUT2D eigenvalue weighted by Crippen LogP contribution is -2.04. The van der Waals surface area contributed by atoms with E-state index in [0.29, 0.717) is 11.9 Å². The summed E-state index contributed by atoms with van der Waals surface area (Å²) in [6, 6.07) is 1.51. The van der Waals surface area contributed by atoms with Crippen molar-refractivity contribution in [2.24, 2.45) is 0 Å². The molecule has 0 aliphatic rings. The van der Waals surface area contributed by atoms with Gasteiger partial charge >= 0.3 is 5.63 Å². The summed E-state index contributed by atoms with van der Waals surface area (Å²) >= 11 is 7.98. The van der Waals surface area contributed by atoms with Gasteiger partial charge in [-0.15, -0.1) is 11.3 Å². The minimum absolute atomic E-state index is 0.0310. The van der Waals surface area contributed by atoms with Crippen molar-refractivity contribution >= 4 is 60.5 Å². The zero-order chi connectivity index (χ0) is 10.3. The highest BCUT2D eigenvalue weighted by Crippen LogP contribution is 2.38. The van der Waals surface area contributed by atoms with E-state index in [9.17, 15) is 9.59 Å². The van der Waals surface area contributed by atoms with Gasteiger partial charge in [-0.2, -0.15) is 0 Å². The molecule has 0 radical (unpaired) electrons. The second-order valence-electron chi connectivity index (χ2n) is 2.50. The molecule has 3 nitrogen and oxygen atoms in total. The Morgan fingerprint density at radius 3 is 2.71 bits per heavy atom. The first-order valence-electron chi connectivity index (χ1n) is 3.50. The summed E-state index contributed by atoms with van der Waals surface area (Å²) in [4.78, 5) is 21.7. The molecule has 0 atom stereocenters. The summed E-state index contributed by atoms with van der Waals surface area (Å²) in [6.07, 6.45) is 0.489. The molecule has 2 rings (SSSR count). The van der Waals surface area contributed by atoms with Gasteiger partial charge < -0.3 is 4.42 Å². The number of hydrogen-bond donors (Lipinski definition) is 0. The predicted molar refractivity (Wildman–Crippen MR) is 61.1 cm³/mol. The standard InChI is InChI=1S/C8H2Br2O3S/c9-6-4-1-3(2-11)8(12)13-5(4)7(10)14-6/h1-2H. The third-order valence-electron chi connectivity index (χ3n) is 1.67. The topological polar surface area (TPSA) is 47.3 Å². The Bertz CT molecular complexity index is 570. The number of fused-ring (bicyclic) bond motifs is 1. The largest absolute Gasteiger partial charge is 0.420 e. The molecule has 0 amide bonds. The number of rotatable bonds is 1. The van der Waals surface area contributed by atoms with Crippen LogP contribution in [0.25, 0.3) is 11.0 Å². The average Bonchev–Trinajstić information content (AvgIpc) is 2.41. The number of aldehydes is 1. The maximum absolute atomic E-state index is 11.2. The Morgan fingerprint density at radius 1 is 1.36 bits per heavy atom. The number of carbonyl (C=O) groups excluding carboxylic acids is 1. The molecule has 0 spiro atoms. The van der Waals surface area contributed by atoms with Crippen molar-refractivity contribution in [1.82, 2.24) is 0 Å². The van der Waals surface area contributed by atoms with E-state index in [-0.39, 0.29) is 5.56 Å². The third-order valence-corrected chi connectivity index (χ3v) is 4.19. The Morgan fingerprint density at radius 2 is 2.07 bits per heavy atom. The van der Waals surface area contributed by atoms with Crippen molar-refractivity contribution in [1.29, 1.82) is 0 Å². The van der Waals surface area contributed by atoms with Crippen LogP contribution >= 0.6 is 43.2 Å². The van der Waals surface area contributed by atoms with Gasteiger partial charge in [-0.3, -0.25) is 4.79 Å². The van der Waals surface area contributed by atoms with Crippen LogP contribution in [-0.2, 0) is 0 Å². The van der Waals surface area contributed by atoms with E-state index in [1.165, 1.54) is 17.4 Å². The van der Waals surface area contributed by atoms with Gasteiger partial charge in [-0.25, -0.2) is 4.79 Å². The smallest absolute Gasteiger partial charge is 0.346 e. The van der Waals surface area contributed by atoms with E-state index in [1.54, 1.807) is 0 Å². The molecule has 0 fully saturated rings. The molecule has 6 heteroatoms. The van der Waals surface area contributed by atoms with Gasteiger partial charge in [0.2, 0.25) is 0 Å². The van der Waals surface area contributed by atoms with Crippen molar-refractivity contribution in [3.8, 4) is 0 Å². The first-order valence-corrected chi connectivity index (χ1v) is 5.90. The minimum atomic E-state index is -0.612. The van der Waals surface area contributed by atoms with Gasteiger partial charge in [0.15, 0.2) is 11.9 Å². The van der Waals surface area contributed by atoms with Crippen molar-refractivity contribution in [3.63, 3.8) is 0 Å². The van der Waals surface area contributed by atoms with Crippen LogP contribution in [-0.4, -0.2) is 6.29 Å². The fraction of sp³-hybridized carbons (Fsp3) is 0. The maximum atomic E-state index is 11.2. The molecule has 14 heavy (non-hydrogen) atoms. The zero-order valence-electron chi connectivity index (χ0n) is 6.54. The monoisotopic (exact) mass is 336 g/mol. The lowest BCUT2D eigenvalue weighted by atomic mass is 10.2. The summed E-state index contributed by atoms with van der Waals surface area (Å²) in [7, 11) is 0. The summed E-state index contributed by atoms with van der Waals surface area (Å²) in [6.45, 7) is 0. The van der Waals surface area contributed by atoms with Crippen molar-refractivity contribution in [2.75, 3.05) is 0 Å².